The van der Waals surface area contributed by atoms with Crippen molar-refractivity contribution in [3.8, 4) is 0 Å². The Kier molecular flexibility index (Phi) is 3.49. The third-order valence-corrected chi connectivity index (χ3v) is 4.15. The molecule has 0 unspecified atom stereocenters. The first-order valence-electron chi connectivity index (χ1n) is 6.55. The van der Waals surface area contributed by atoms with Gasteiger partial charge in [-0.05, 0) is 53.9 Å². The fourth-order valence-corrected chi connectivity index (χ4v) is 2.79. The molecule has 0 saturated carbocycles. The molecule has 2 N–H and O–H groups in total. The number of halogens is 1. The van der Waals surface area contributed by atoms with Gasteiger partial charge < -0.3 is 10.6 Å². The van der Waals surface area contributed by atoms with Crippen LogP contribution in [0.4, 0.5) is 5.69 Å². The molecule has 1 heterocycles. The minimum atomic E-state index is 0.0746. The average molecular weight is 331 g/mol. The Balaban J connectivity index is 1.82. The molecule has 3 rings (SSSR count). The molecule has 0 aromatic heterocycles. The van der Waals surface area contributed by atoms with Gasteiger partial charge in [0.05, 0.1) is 0 Å². The summed E-state index contributed by atoms with van der Waals surface area (Å²) in [5.74, 6) is 0.0746. The summed E-state index contributed by atoms with van der Waals surface area (Å²) < 4.78 is 0.978. The van der Waals surface area contributed by atoms with Gasteiger partial charge in [-0.15, -0.1) is 0 Å². The first-order valence-corrected chi connectivity index (χ1v) is 7.35. The fraction of sp³-hybridized carbons (Fsp3) is 0.188. The van der Waals surface area contributed by atoms with Gasteiger partial charge in [-0.3, -0.25) is 4.79 Å². The van der Waals surface area contributed by atoms with Crippen molar-refractivity contribution in [1.29, 1.82) is 0 Å². The number of nitrogens with zero attached hydrogens (tertiary/aromatic N) is 1. The zero-order valence-corrected chi connectivity index (χ0v) is 12.6. The van der Waals surface area contributed by atoms with E-state index in [2.05, 4.69) is 22.0 Å². The zero-order valence-electron chi connectivity index (χ0n) is 11.0. The molecule has 0 fully saturated rings. The van der Waals surface area contributed by atoms with Crippen LogP contribution < -0.4 is 5.73 Å². The van der Waals surface area contributed by atoms with Gasteiger partial charge in [-0.2, -0.15) is 0 Å². The van der Waals surface area contributed by atoms with Crippen LogP contribution in [-0.4, -0.2) is 17.4 Å². The van der Waals surface area contributed by atoms with Crippen molar-refractivity contribution in [2.75, 3.05) is 12.3 Å². The van der Waals surface area contributed by atoms with E-state index in [1.54, 1.807) is 0 Å². The summed E-state index contributed by atoms with van der Waals surface area (Å²) in [5.41, 5.74) is 9.74. The van der Waals surface area contributed by atoms with Crippen LogP contribution in [0.25, 0.3) is 0 Å². The Morgan fingerprint density at radius 2 is 1.85 bits per heavy atom. The van der Waals surface area contributed by atoms with Crippen molar-refractivity contribution in [1.82, 2.24) is 4.90 Å². The van der Waals surface area contributed by atoms with Crippen molar-refractivity contribution in [3.05, 3.63) is 63.6 Å². The van der Waals surface area contributed by atoms with Crippen LogP contribution in [-0.2, 0) is 13.0 Å². The molecular weight excluding hydrogens is 316 g/mol. The number of anilines is 1. The summed E-state index contributed by atoms with van der Waals surface area (Å²) in [5, 5.41) is 0. The second kappa shape index (κ2) is 5.29. The van der Waals surface area contributed by atoms with Gasteiger partial charge in [-0.25, -0.2) is 0 Å². The molecule has 0 bridgehead atoms. The maximum atomic E-state index is 12.5. The van der Waals surface area contributed by atoms with E-state index in [0.29, 0.717) is 6.54 Å². The molecule has 0 radical (unpaired) electrons. The largest absolute Gasteiger partial charge is 0.399 e. The Morgan fingerprint density at radius 1 is 1.10 bits per heavy atom. The summed E-state index contributed by atoms with van der Waals surface area (Å²) in [6.07, 6.45) is 0.887. The highest BCUT2D eigenvalue weighted by molar-refractivity contribution is 9.10. The number of amides is 1. The molecule has 0 atom stereocenters. The van der Waals surface area contributed by atoms with Crippen molar-refractivity contribution in [2.24, 2.45) is 0 Å². The van der Waals surface area contributed by atoms with Gasteiger partial charge in [0, 0.05) is 28.8 Å². The Bertz CT molecular complexity index is 652. The summed E-state index contributed by atoms with van der Waals surface area (Å²) in [4.78, 5) is 14.4. The Morgan fingerprint density at radius 3 is 2.60 bits per heavy atom. The number of carbonyl (C=O) groups is 1. The van der Waals surface area contributed by atoms with E-state index in [1.165, 1.54) is 5.56 Å². The van der Waals surface area contributed by atoms with E-state index >= 15 is 0 Å². The van der Waals surface area contributed by atoms with E-state index in [1.807, 2.05) is 41.3 Å². The molecule has 1 amide bonds. The molecule has 4 heteroatoms. The van der Waals surface area contributed by atoms with Crippen LogP contribution >= 0.6 is 15.9 Å². The van der Waals surface area contributed by atoms with Gasteiger partial charge in [0.25, 0.3) is 5.91 Å². The van der Waals surface area contributed by atoms with Gasteiger partial charge in [0.15, 0.2) is 0 Å². The number of nitrogens with two attached hydrogens (primary N) is 1. The minimum Gasteiger partial charge on any atom is -0.399 e. The lowest BCUT2D eigenvalue weighted by Gasteiger charge is -2.29. The maximum absolute atomic E-state index is 12.5. The second-order valence-electron chi connectivity index (χ2n) is 5.01. The number of carbonyl (C=O) groups excluding carboxylic acids is 1. The van der Waals surface area contributed by atoms with Crippen LogP contribution in [0.2, 0.25) is 0 Å². The molecule has 0 spiro atoms. The van der Waals surface area contributed by atoms with E-state index in [-0.39, 0.29) is 5.91 Å². The molecule has 1 aliphatic heterocycles. The number of rotatable bonds is 1. The lowest BCUT2D eigenvalue weighted by atomic mass is 9.98. The van der Waals surface area contributed by atoms with Crippen molar-refractivity contribution < 1.29 is 4.79 Å². The predicted molar refractivity (Wildman–Crippen MR) is 83.4 cm³/mol. The molecule has 0 saturated heterocycles. The molecular formula is C16H15BrN2O. The van der Waals surface area contributed by atoms with E-state index in [9.17, 15) is 4.79 Å². The highest BCUT2D eigenvalue weighted by atomic mass is 79.9. The minimum absolute atomic E-state index is 0.0746. The first kappa shape index (κ1) is 13.2. The van der Waals surface area contributed by atoms with Crippen LogP contribution in [0.1, 0.15) is 21.5 Å². The average Bonchev–Trinajstić information content (AvgIpc) is 2.46. The van der Waals surface area contributed by atoms with Gasteiger partial charge in [0.2, 0.25) is 0 Å². The van der Waals surface area contributed by atoms with Crippen molar-refractivity contribution in [3.63, 3.8) is 0 Å². The quantitative estimate of drug-likeness (QED) is 0.816. The van der Waals surface area contributed by atoms with Crippen LogP contribution in [0.3, 0.4) is 0 Å². The third kappa shape index (κ3) is 2.56. The number of nitrogen functional groups attached to an aromatic ring is 1. The fourth-order valence-electron chi connectivity index (χ4n) is 2.53. The zero-order chi connectivity index (χ0) is 14.1. The lowest BCUT2D eigenvalue weighted by molar-refractivity contribution is 0.0734. The molecule has 102 valence electrons. The molecule has 2 aromatic carbocycles. The molecule has 2 aromatic rings. The number of hydrogen-bond donors (Lipinski definition) is 1. The first-order chi connectivity index (χ1) is 9.63. The summed E-state index contributed by atoms with van der Waals surface area (Å²) in [7, 11) is 0. The third-order valence-electron chi connectivity index (χ3n) is 3.62. The van der Waals surface area contributed by atoms with E-state index < -0.39 is 0 Å². The van der Waals surface area contributed by atoms with Gasteiger partial charge in [-0.1, -0.05) is 22.0 Å². The molecule has 1 aliphatic rings. The standard InChI is InChI=1S/C16H15BrN2O/c17-14-4-1-12(2-5-14)16(20)19-8-7-11-3-6-15(18)9-13(11)10-19/h1-6,9H,7-8,10,18H2. The van der Waals surface area contributed by atoms with Crippen LogP contribution in [0.15, 0.2) is 46.9 Å². The number of fused-ring (bicyclic) bond motifs is 1. The van der Waals surface area contributed by atoms with Crippen molar-refractivity contribution in [2.45, 2.75) is 13.0 Å². The summed E-state index contributed by atoms with van der Waals surface area (Å²) in [6, 6.07) is 13.4. The molecule has 0 aliphatic carbocycles. The maximum Gasteiger partial charge on any atom is 0.254 e. The summed E-state index contributed by atoms with van der Waals surface area (Å²) >= 11 is 3.38. The highest BCUT2D eigenvalue weighted by Gasteiger charge is 2.21. The SMILES string of the molecule is Nc1ccc2c(c1)CN(C(=O)c1ccc(Br)cc1)CC2. The normalized spacial score (nSPS) is 13.9. The summed E-state index contributed by atoms with van der Waals surface area (Å²) in [6.45, 7) is 1.39. The molecule has 20 heavy (non-hydrogen) atoms. The van der Waals surface area contributed by atoms with Crippen LogP contribution in [0.5, 0.6) is 0 Å². The number of hydrogen-bond acceptors (Lipinski definition) is 2. The topological polar surface area (TPSA) is 46.3 Å². The predicted octanol–water partition coefficient (Wildman–Crippen LogP) is 3.23. The lowest BCUT2D eigenvalue weighted by Crippen LogP contribution is -2.35. The second-order valence-corrected chi connectivity index (χ2v) is 5.93. The molecule has 3 nitrogen and oxygen atoms in total. The number of benzene rings is 2. The monoisotopic (exact) mass is 330 g/mol. The van der Waals surface area contributed by atoms with E-state index in [0.717, 1.165) is 34.3 Å². The Hall–Kier alpha value is -1.81. The van der Waals surface area contributed by atoms with E-state index in [4.69, 9.17) is 5.73 Å². The van der Waals surface area contributed by atoms with Gasteiger partial charge in [0.1, 0.15) is 0 Å². The van der Waals surface area contributed by atoms with Crippen molar-refractivity contribution >= 4 is 27.5 Å². The van der Waals surface area contributed by atoms with Crippen LogP contribution in [0, 0.1) is 0 Å². The highest BCUT2D eigenvalue weighted by Crippen LogP contribution is 2.23. The Labute approximate surface area is 126 Å². The van der Waals surface area contributed by atoms with Gasteiger partial charge >= 0.3 is 0 Å². The smallest absolute Gasteiger partial charge is 0.254 e.